The van der Waals surface area contributed by atoms with E-state index in [1.54, 1.807) is 18.2 Å². The summed E-state index contributed by atoms with van der Waals surface area (Å²) < 4.78 is 45.9. The molecule has 2 heterocycles. The molecule has 0 bridgehead atoms. The first-order valence-electron chi connectivity index (χ1n) is 11.3. The highest BCUT2D eigenvalue weighted by Crippen LogP contribution is 2.50. The number of ether oxygens (including phenoxy) is 3. The Bertz CT molecular complexity index is 1410. The molecule has 2 aliphatic rings. The van der Waals surface area contributed by atoms with Gasteiger partial charge in [-0.25, -0.2) is 8.78 Å². The van der Waals surface area contributed by atoms with Crippen LogP contribution in [0.3, 0.4) is 0 Å². The highest BCUT2D eigenvalue weighted by molar-refractivity contribution is 5.54. The molecule has 6 rings (SSSR count). The van der Waals surface area contributed by atoms with Crippen molar-refractivity contribution in [1.29, 1.82) is 0 Å². The first kappa shape index (κ1) is 22.2. The maximum Gasteiger partial charge on any atom is 0.305 e. The number of phenols is 2. The molecule has 0 unspecified atom stereocenters. The van der Waals surface area contributed by atoms with E-state index in [2.05, 4.69) is 0 Å². The quantitative estimate of drug-likeness (QED) is 0.371. The highest BCUT2D eigenvalue weighted by Gasteiger charge is 2.46. The highest BCUT2D eigenvalue weighted by atomic mass is 19.1. The molecule has 3 N–H and O–H groups in total. The lowest BCUT2D eigenvalue weighted by molar-refractivity contribution is -0.0460. The van der Waals surface area contributed by atoms with Crippen LogP contribution in [0.25, 0.3) is 0 Å². The molecule has 36 heavy (non-hydrogen) atoms. The molecule has 0 spiro atoms. The Kier molecular flexibility index (Phi) is 5.01. The number of aliphatic hydroxyl groups is 1. The van der Waals surface area contributed by atoms with Gasteiger partial charge in [0.05, 0.1) is 6.10 Å². The summed E-state index contributed by atoms with van der Waals surface area (Å²) in [6.07, 6.45) is -1.66. The predicted octanol–water partition coefficient (Wildman–Crippen LogP) is 5.09. The molecule has 0 aromatic heterocycles. The fourth-order valence-electron chi connectivity index (χ4n) is 4.69. The maximum absolute atomic E-state index is 13.7. The largest absolute Gasteiger partial charge is 0.508 e. The summed E-state index contributed by atoms with van der Waals surface area (Å²) in [5, 5.41) is 30.7. The Morgan fingerprint density at radius 3 is 1.97 bits per heavy atom. The second-order valence-corrected chi connectivity index (χ2v) is 8.79. The van der Waals surface area contributed by atoms with E-state index in [9.17, 15) is 24.1 Å². The molecule has 182 valence electrons. The van der Waals surface area contributed by atoms with Crippen molar-refractivity contribution in [3.05, 3.63) is 113 Å². The first-order valence-corrected chi connectivity index (χ1v) is 11.3. The average Bonchev–Trinajstić information content (AvgIpc) is 3.25. The lowest BCUT2D eigenvalue weighted by Gasteiger charge is -2.31. The van der Waals surface area contributed by atoms with E-state index in [1.165, 1.54) is 60.7 Å². The van der Waals surface area contributed by atoms with Gasteiger partial charge in [0.2, 0.25) is 0 Å². The Labute approximate surface area is 204 Å². The average molecular weight is 490 g/mol. The third-order valence-corrected chi connectivity index (χ3v) is 6.44. The van der Waals surface area contributed by atoms with E-state index in [0.717, 1.165) is 0 Å². The number of aromatic hydroxyl groups is 2. The maximum atomic E-state index is 13.7. The van der Waals surface area contributed by atoms with Crippen LogP contribution in [0.2, 0.25) is 0 Å². The number of hydrogen-bond acceptors (Lipinski definition) is 6. The van der Waals surface area contributed by atoms with Crippen LogP contribution in [0.4, 0.5) is 8.78 Å². The van der Waals surface area contributed by atoms with Crippen LogP contribution in [0.5, 0.6) is 28.7 Å². The monoisotopic (exact) mass is 490 g/mol. The minimum Gasteiger partial charge on any atom is -0.508 e. The van der Waals surface area contributed by atoms with Crippen molar-refractivity contribution < 1.29 is 38.3 Å². The van der Waals surface area contributed by atoms with Gasteiger partial charge in [-0.3, -0.25) is 0 Å². The van der Waals surface area contributed by atoms with E-state index < -0.39 is 29.6 Å². The van der Waals surface area contributed by atoms with Gasteiger partial charge >= 0.3 is 5.79 Å². The third kappa shape index (κ3) is 3.58. The van der Waals surface area contributed by atoms with Gasteiger partial charge in [0, 0.05) is 35.2 Å². The first-order chi connectivity index (χ1) is 17.3. The SMILES string of the molecule is Oc1cc(O)c2c(c1)O[C@H](c1ccc3c(c1)OC(c1ccc(F)cc1)(c1ccc(F)cc1)O3)[C@@H](O)C2. The van der Waals surface area contributed by atoms with Gasteiger partial charge in [-0.2, -0.15) is 0 Å². The van der Waals surface area contributed by atoms with Crippen LogP contribution in [0.1, 0.15) is 28.4 Å². The summed E-state index contributed by atoms with van der Waals surface area (Å²) in [5.41, 5.74) is 1.99. The van der Waals surface area contributed by atoms with Crippen molar-refractivity contribution in [2.24, 2.45) is 0 Å². The molecule has 0 fully saturated rings. The zero-order valence-electron chi connectivity index (χ0n) is 18.7. The van der Waals surface area contributed by atoms with Crippen molar-refractivity contribution in [1.82, 2.24) is 0 Å². The number of rotatable bonds is 3. The molecule has 4 aromatic carbocycles. The van der Waals surface area contributed by atoms with E-state index in [1.807, 2.05) is 0 Å². The molecule has 0 radical (unpaired) electrons. The molecule has 0 saturated carbocycles. The van der Waals surface area contributed by atoms with Crippen LogP contribution in [0, 0.1) is 11.6 Å². The molecule has 2 atom stereocenters. The van der Waals surface area contributed by atoms with Crippen LogP contribution in [0.15, 0.2) is 78.9 Å². The lowest BCUT2D eigenvalue weighted by atomic mass is 9.94. The number of hydrogen-bond donors (Lipinski definition) is 3. The Hall–Kier alpha value is -4.30. The number of phenolic OH excluding ortho intramolecular Hbond substituents is 2. The molecule has 6 nitrogen and oxygen atoms in total. The molecule has 2 aliphatic heterocycles. The molecule has 8 heteroatoms. The van der Waals surface area contributed by atoms with Crippen LogP contribution >= 0.6 is 0 Å². The number of fused-ring (bicyclic) bond motifs is 2. The summed E-state index contributed by atoms with van der Waals surface area (Å²) in [6, 6.07) is 18.9. The Balaban J connectivity index is 1.38. The number of aliphatic hydroxyl groups excluding tert-OH is 1. The van der Waals surface area contributed by atoms with Crippen molar-refractivity contribution in [2.45, 2.75) is 24.4 Å². The Morgan fingerprint density at radius 2 is 1.33 bits per heavy atom. The van der Waals surface area contributed by atoms with E-state index in [0.29, 0.717) is 33.8 Å². The minimum atomic E-state index is -1.49. The van der Waals surface area contributed by atoms with Gasteiger partial charge in [0.25, 0.3) is 0 Å². The topological polar surface area (TPSA) is 88.4 Å². The molecule has 0 saturated heterocycles. The number of benzene rings is 4. The third-order valence-electron chi connectivity index (χ3n) is 6.44. The van der Waals surface area contributed by atoms with Crippen LogP contribution < -0.4 is 14.2 Å². The summed E-state index contributed by atoms with van der Waals surface area (Å²) in [6.45, 7) is 0. The summed E-state index contributed by atoms with van der Waals surface area (Å²) in [4.78, 5) is 0. The summed E-state index contributed by atoms with van der Waals surface area (Å²) in [7, 11) is 0. The normalized spacial score (nSPS) is 19.4. The zero-order valence-corrected chi connectivity index (χ0v) is 18.7. The van der Waals surface area contributed by atoms with Crippen molar-refractivity contribution in [3.63, 3.8) is 0 Å². The van der Waals surface area contributed by atoms with Gasteiger partial charge in [-0.15, -0.1) is 0 Å². The fourth-order valence-corrected chi connectivity index (χ4v) is 4.69. The van der Waals surface area contributed by atoms with Gasteiger partial charge in [-0.1, -0.05) is 6.07 Å². The molecule has 0 aliphatic carbocycles. The van der Waals surface area contributed by atoms with Crippen LogP contribution in [-0.2, 0) is 12.2 Å². The van der Waals surface area contributed by atoms with Crippen molar-refractivity contribution >= 4 is 0 Å². The summed E-state index contributed by atoms with van der Waals surface area (Å²) >= 11 is 0. The van der Waals surface area contributed by atoms with Crippen molar-refractivity contribution in [2.75, 3.05) is 0 Å². The van der Waals surface area contributed by atoms with E-state index in [-0.39, 0.29) is 23.7 Å². The van der Waals surface area contributed by atoms with Gasteiger partial charge in [0.1, 0.15) is 35.0 Å². The number of halogens is 2. The lowest BCUT2D eigenvalue weighted by Crippen LogP contribution is -2.36. The van der Waals surface area contributed by atoms with Crippen molar-refractivity contribution in [3.8, 4) is 28.7 Å². The molecule has 0 amide bonds. The predicted molar refractivity (Wildman–Crippen MR) is 124 cm³/mol. The standard InChI is InChI=1S/C28H20F2O6/c29-18-6-2-16(3-7-18)28(17-4-8-19(30)9-5-17)35-24-10-1-15(11-26(24)36-28)27-23(33)14-21-22(32)12-20(31)13-25(21)34-27/h1-13,23,27,31-33H,14H2/t23-,27+/m0/s1. The second-order valence-electron chi connectivity index (χ2n) is 8.79. The second kappa shape index (κ2) is 8.13. The molecular weight excluding hydrogens is 470 g/mol. The van der Waals surface area contributed by atoms with E-state index >= 15 is 0 Å². The Morgan fingerprint density at radius 1 is 0.722 bits per heavy atom. The summed E-state index contributed by atoms with van der Waals surface area (Å²) in [5.74, 6) is -1.63. The molecular formula is C28H20F2O6. The van der Waals surface area contributed by atoms with Gasteiger partial charge in [-0.05, 0) is 66.2 Å². The minimum absolute atomic E-state index is 0.121. The smallest absolute Gasteiger partial charge is 0.305 e. The van der Waals surface area contributed by atoms with Gasteiger partial charge in [0.15, 0.2) is 11.5 Å². The van der Waals surface area contributed by atoms with E-state index in [4.69, 9.17) is 14.2 Å². The van der Waals surface area contributed by atoms with Gasteiger partial charge < -0.3 is 29.5 Å². The van der Waals surface area contributed by atoms with Crippen LogP contribution in [-0.4, -0.2) is 21.4 Å². The zero-order chi connectivity index (χ0) is 25.0. The fraction of sp³-hybridized carbons (Fsp3) is 0.143. The molecule has 4 aromatic rings.